The maximum absolute atomic E-state index is 12.8. The van der Waals surface area contributed by atoms with Gasteiger partial charge in [0.25, 0.3) is 0 Å². The van der Waals surface area contributed by atoms with Crippen molar-refractivity contribution in [3.8, 4) is 5.75 Å². The lowest BCUT2D eigenvalue weighted by Crippen LogP contribution is -2.49. The number of hydrogen-bond acceptors (Lipinski definition) is 3. The number of ether oxygens (including phenoxy) is 1. The van der Waals surface area contributed by atoms with Crippen LogP contribution in [0.3, 0.4) is 0 Å². The lowest BCUT2D eigenvalue weighted by molar-refractivity contribution is -0.132. The van der Waals surface area contributed by atoms with Crippen LogP contribution in [0.5, 0.6) is 5.75 Å². The number of para-hydroxylation sites is 1. The highest BCUT2D eigenvalue weighted by molar-refractivity contribution is 5.88. The average molecular weight is 375 g/mol. The minimum Gasteiger partial charge on any atom is -0.496 e. The predicted octanol–water partition coefficient (Wildman–Crippen LogP) is 3.67. The molecule has 27 heavy (non-hydrogen) atoms. The molecule has 150 valence electrons. The van der Waals surface area contributed by atoms with Crippen molar-refractivity contribution in [1.29, 1.82) is 0 Å². The highest BCUT2D eigenvalue weighted by Crippen LogP contribution is 2.28. The third-order valence-electron chi connectivity index (χ3n) is 5.37. The van der Waals surface area contributed by atoms with Crippen LogP contribution in [0.2, 0.25) is 0 Å². The summed E-state index contributed by atoms with van der Waals surface area (Å²) >= 11 is 0. The van der Waals surface area contributed by atoms with Crippen LogP contribution in [0.1, 0.15) is 58.4 Å². The van der Waals surface area contributed by atoms with Gasteiger partial charge in [-0.05, 0) is 50.0 Å². The summed E-state index contributed by atoms with van der Waals surface area (Å²) in [5.74, 6) is 1.70. The number of carbonyl (C=O) groups excluding carboxylic acids is 2. The Morgan fingerprint density at radius 3 is 2.44 bits per heavy atom. The van der Waals surface area contributed by atoms with E-state index in [0.717, 1.165) is 37.0 Å². The Morgan fingerprint density at radius 2 is 1.81 bits per heavy atom. The highest BCUT2D eigenvalue weighted by atomic mass is 16.5. The second-order valence-electron chi connectivity index (χ2n) is 8.18. The lowest BCUT2D eigenvalue weighted by atomic mass is 9.82. The molecule has 1 saturated carbocycles. The summed E-state index contributed by atoms with van der Waals surface area (Å²) in [6, 6.07) is 7.13. The molecule has 0 aliphatic heterocycles. The van der Waals surface area contributed by atoms with E-state index < -0.39 is 6.04 Å². The van der Waals surface area contributed by atoms with Crippen molar-refractivity contribution in [3.63, 3.8) is 0 Å². The van der Waals surface area contributed by atoms with Crippen LogP contribution >= 0.6 is 0 Å². The molecule has 1 atom stereocenters. The molecule has 1 aromatic carbocycles. The second-order valence-corrected chi connectivity index (χ2v) is 8.18. The smallest absolute Gasteiger partial charge is 0.242 e. The zero-order chi connectivity index (χ0) is 19.8. The number of carbonyl (C=O) groups is 2. The van der Waals surface area contributed by atoms with Gasteiger partial charge in [-0.25, -0.2) is 0 Å². The quantitative estimate of drug-likeness (QED) is 0.729. The third-order valence-corrected chi connectivity index (χ3v) is 5.37. The van der Waals surface area contributed by atoms with Gasteiger partial charge in [-0.3, -0.25) is 9.59 Å². The fraction of sp³-hybridized carbons (Fsp3) is 0.636. The molecule has 0 radical (unpaired) electrons. The van der Waals surface area contributed by atoms with Gasteiger partial charge in [-0.2, -0.15) is 0 Å². The first-order valence-electron chi connectivity index (χ1n) is 10.1. The zero-order valence-electron chi connectivity index (χ0n) is 17.1. The third kappa shape index (κ3) is 6.56. The molecule has 1 aromatic rings. The Labute approximate surface area is 163 Å². The lowest BCUT2D eigenvalue weighted by Gasteiger charge is -2.28. The average Bonchev–Trinajstić information content (AvgIpc) is 2.65. The molecule has 0 heterocycles. The van der Waals surface area contributed by atoms with Crippen LogP contribution in [0.15, 0.2) is 24.3 Å². The van der Waals surface area contributed by atoms with E-state index in [1.807, 2.05) is 24.3 Å². The van der Waals surface area contributed by atoms with E-state index in [2.05, 4.69) is 31.4 Å². The zero-order valence-corrected chi connectivity index (χ0v) is 17.1. The molecule has 0 spiro atoms. The van der Waals surface area contributed by atoms with Crippen molar-refractivity contribution in [2.75, 3.05) is 7.11 Å². The van der Waals surface area contributed by atoms with E-state index in [1.165, 1.54) is 0 Å². The van der Waals surface area contributed by atoms with Crippen LogP contribution in [-0.2, 0) is 16.1 Å². The summed E-state index contributed by atoms with van der Waals surface area (Å²) in [7, 11) is 1.62. The summed E-state index contributed by atoms with van der Waals surface area (Å²) in [5.41, 5.74) is 0.921. The van der Waals surface area contributed by atoms with E-state index in [4.69, 9.17) is 4.74 Å². The largest absolute Gasteiger partial charge is 0.496 e. The molecule has 2 rings (SSSR count). The Bertz CT molecular complexity index is 622. The van der Waals surface area contributed by atoms with Gasteiger partial charge < -0.3 is 15.4 Å². The maximum atomic E-state index is 12.8. The van der Waals surface area contributed by atoms with E-state index >= 15 is 0 Å². The van der Waals surface area contributed by atoms with E-state index in [1.54, 1.807) is 7.11 Å². The fourth-order valence-electron chi connectivity index (χ4n) is 3.67. The Hall–Kier alpha value is -2.04. The van der Waals surface area contributed by atoms with Crippen molar-refractivity contribution >= 4 is 11.8 Å². The Kier molecular flexibility index (Phi) is 8.14. The van der Waals surface area contributed by atoms with Gasteiger partial charge in [0.05, 0.1) is 7.11 Å². The van der Waals surface area contributed by atoms with Crippen molar-refractivity contribution in [3.05, 3.63) is 29.8 Å². The molecule has 0 saturated heterocycles. The molecular formula is C22H34N2O3. The van der Waals surface area contributed by atoms with Crippen molar-refractivity contribution in [2.45, 2.75) is 65.5 Å². The molecule has 0 unspecified atom stereocenters. The summed E-state index contributed by atoms with van der Waals surface area (Å²) in [4.78, 5) is 25.4. The van der Waals surface area contributed by atoms with Crippen LogP contribution in [-0.4, -0.2) is 25.0 Å². The molecule has 1 aliphatic carbocycles. The van der Waals surface area contributed by atoms with Crippen LogP contribution < -0.4 is 15.4 Å². The van der Waals surface area contributed by atoms with Crippen molar-refractivity contribution in [2.24, 2.45) is 17.8 Å². The second kappa shape index (κ2) is 10.3. The van der Waals surface area contributed by atoms with Gasteiger partial charge in [-0.15, -0.1) is 0 Å². The Morgan fingerprint density at radius 1 is 1.15 bits per heavy atom. The van der Waals surface area contributed by atoms with Crippen LogP contribution in [0, 0.1) is 17.8 Å². The van der Waals surface area contributed by atoms with Gasteiger partial charge in [0.15, 0.2) is 0 Å². The first-order valence-corrected chi connectivity index (χ1v) is 10.1. The molecule has 5 nitrogen and oxygen atoms in total. The first-order chi connectivity index (χ1) is 12.9. The van der Waals surface area contributed by atoms with Gasteiger partial charge in [0, 0.05) is 18.0 Å². The highest BCUT2D eigenvalue weighted by Gasteiger charge is 2.28. The van der Waals surface area contributed by atoms with Crippen molar-refractivity contribution in [1.82, 2.24) is 10.6 Å². The predicted molar refractivity (Wildman–Crippen MR) is 107 cm³/mol. The number of hydrogen-bond donors (Lipinski definition) is 2. The molecule has 5 heteroatoms. The molecule has 2 N–H and O–H groups in total. The number of methoxy groups -OCH3 is 1. The van der Waals surface area contributed by atoms with Crippen LogP contribution in [0.4, 0.5) is 0 Å². The molecule has 0 aromatic heterocycles. The summed E-state index contributed by atoms with van der Waals surface area (Å²) < 4.78 is 5.33. The minimum atomic E-state index is -0.494. The number of benzene rings is 1. The first kappa shape index (κ1) is 21.3. The standard InChI is InChI=1S/C22H34N2O3/c1-15(2)13-19(24-21(25)17-11-9-16(3)10-12-17)22(26)23-14-18-7-5-6-8-20(18)27-4/h5-8,15-17,19H,9-14H2,1-4H3,(H,23,26)(H,24,25)/t16?,17?,19-/m0/s1. The van der Waals surface area contributed by atoms with E-state index in [0.29, 0.717) is 24.8 Å². The normalized spacial score (nSPS) is 20.8. The van der Waals surface area contributed by atoms with Crippen molar-refractivity contribution < 1.29 is 14.3 Å². The maximum Gasteiger partial charge on any atom is 0.242 e. The summed E-state index contributed by atoms with van der Waals surface area (Å²) in [6.45, 7) is 6.75. The van der Waals surface area contributed by atoms with Gasteiger partial charge in [-0.1, -0.05) is 39.0 Å². The summed E-state index contributed by atoms with van der Waals surface area (Å²) in [6.07, 6.45) is 4.65. The van der Waals surface area contributed by atoms with Gasteiger partial charge >= 0.3 is 0 Å². The number of rotatable bonds is 8. The molecule has 1 fully saturated rings. The molecular weight excluding hydrogens is 340 g/mol. The Balaban J connectivity index is 1.95. The monoisotopic (exact) mass is 374 g/mol. The fourth-order valence-corrected chi connectivity index (χ4v) is 3.67. The minimum absolute atomic E-state index is 0.0278. The van der Waals surface area contributed by atoms with Crippen LogP contribution in [0.25, 0.3) is 0 Å². The molecule has 1 aliphatic rings. The molecule has 0 bridgehead atoms. The molecule has 2 amide bonds. The van der Waals surface area contributed by atoms with E-state index in [9.17, 15) is 9.59 Å². The number of amides is 2. The van der Waals surface area contributed by atoms with Gasteiger partial charge in [0.2, 0.25) is 11.8 Å². The number of nitrogens with one attached hydrogen (secondary N) is 2. The van der Waals surface area contributed by atoms with Gasteiger partial charge in [0.1, 0.15) is 11.8 Å². The SMILES string of the molecule is COc1ccccc1CNC(=O)[C@H](CC(C)C)NC(=O)C1CCC(C)CC1. The summed E-state index contributed by atoms with van der Waals surface area (Å²) in [5, 5.41) is 5.98. The topological polar surface area (TPSA) is 67.4 Å². The van der Waals surface area contributed by atoms with E-state index in [-0.39, 0.29) is 17.7 Å².